The van der Waals surface area contributed by atoms with Crippen molar-refractivity contribution in [3.8, 4) is 0 Å². The van der Waals surface area contributed by atoms with Crippen LogP contribution in [0.4, 0.5) is 0 Å². The van der Waals surface area contributed by atoms with Crippen molar-refractivity contribution >= 4 is 6.08 Å². The Bertz CT molecular complexity index is 369. The van der Waals surface area contributed by atoms with Crippen molar-refractivity contribution in [3.05, 3.63) is 42.0 Å². The zero-order chi connectivity index (χ0) is 12.8. The molecule has 0 saturated carbocycles. The minimum absolute atomic E-state index is 0.697. The van der Waals surface area contributed by atoms with Gasteiger partial charge in [0.15, 0.2) is 0 Å². The van der Waals surface area contributed by atoms with Gasteiger partial charge in [-0.25, -0.2) is 0 Å². The summed E-state index contributed by atoms with van der Waals surface area (Å²) in [5, 5.41) is 3.50. The van der Waals surface area contributed by atoms with Gasteiger partial charge in [-0.1, -0.05) is 43.8 Å². The van der Waals surface area contributed by atoms with Gasteiger partial charge in [0.2, 0.25) is 0 Å². The molecule has 1 aliphatic heterocycles. The van der Waals surface area contributed by atoms with Gasteiger partial charge in [-0.2, -0.15) is 0 Å². The lowest BCUT2D eigenvalue weighted by atomic mass is 10.0. The van der Waals surface area contributed by atoms with Gasteiger partial charge in [0, 0.05) is 25.7 Å². The zero-order valence-electron chi connectivity index (χ0n) is 11.4. The van der Waals surface area contributed by atoms with Gasteiger partial charge in [0.25, 0.3) is 0 Å². The molecule has 18 heavy (non-hydrogen) atoms. The van der Waals surface area contributed by atoms with Crippen LogP contribution in [0.2, 0.25) is 0 Å². The predicted molar refractivity (Wildman–Crippen MR) is 78.8 cm³/mol. The van der Waals surface area contributed by atoms with E-state index in [-0.39, 0.29) is 0 Å². The van der Waals surface area contributed by atoms with Crippen LogP contribution in [0, 0.1) is 0 Å². The van der Waals surface area contributed by atoms with Crippen LogP contribution in [0.5, 0.6) is 0 Å². The van der Waals surface area contributed by atoms with Crippen LogP contribution in [0.25, 0.3) is 6.08 Å². The molecule has 2 nitrogen and oxygen atoms in total. The summed E-state index contributed by atoms with van der Waals surface area (Å²) >= 11 is 0. The molecule has 2 heteroatoms. The third-order valence-electron chi connectivity index (χ3n) is 3.86. The number of benzene rings is 1. The highest BCUT2D eigenvalue weighted by Gasteiger charge is 2.19. The number of hydrogen-bond acceptors (Lipinski definition) is 2. The van der Waals surface area contributed by atoms with Gasteiger partial charge in [0.1, 0.15) is 0 Å². The number of hydrogen-bond donors (Lipinski definition) is 1. The Morgan fingerprint density at radius 1 is 1.39 bits per heavy atom. The first-order chi connectivity index (χ1) is 8.83. The Morgan fingerprint density at radius 3 is 2.83 bits per heavy atom. The molecule has 0 aliphatic carbocycles. The standard InChI is InChI=1S/C16H24N2/c1-3-14-5-7-15(8-6-14)9-10-16-13-17-11-12-18(16)4-2/h3,5-8,16-17H,1,4,9-13H2,2H3. The van der Waals surface area contributed by atoms with Gasteiger partial charge < -0.3 is 5.32 Å². The van der Waals surface area contributed by atoms with Gasteiger partial charge in [-0.15, -0.1) is 0 Å². The maximum atomic E-state index is 3.79. The van der Waals surface area contributed by atoms with Crippen molar-refractivity contribution in [1.29, 1.82) is 0 Å². The number of piperazine rings is 1. The molecule has 1 atom stereocenters. The van der Waals surface area contributed by atoms with Crippen molar-refractivity contribution < 1.29 is 0 Å². The second-order valence-corrected chi connectivity index (χ2v) is 4.97. The van der Waals surface area contributed by atoms with Crippen LogP contribution in [0.1, 0.15) is 24.5 Å². The van der Waals surface area contributed by atoms with Gasteiger partial charge in [-0.05, 0) is 30.5 Å². The highest BCUT2D eigenvalue weighted by atomic mass is 15.2. The van der Waals surface area contributed by atoms with Gasteiger partial charge in [0.05, 0.1) is 0 Å². The normalized spacial score (nSPS) is 20.8. The number of aryl methyl sites for hydroxylation is 1. The van der Waals surface area contributed by atoms with Crippen LogP contribution < -0.4 is 5.32 Å². The predicted octanol–water partition coefficient (Wildman–Crippen LogP) is 2.56. The van der Waals surface area contributed by atoms with Crippen molar-refractivity contribution in [2.45, 2.75) is 25.8 Å². The Labute approximate surface area is 111 Å². The van der Waals surface area contributed by atoms with E-state index in [2.05, 4.69) is 48.0 Å². The lowest BCUT2D eigenvalue weighted by Gasteiger charge is -2.35. The van der Waals surface area contributed by atoms with E-state index in [9.17, 15) is 0 Å². The van der Waals surface area contributed by atoms with Crippen LogP contribution in [0.3, 0.4) is 0 Å². The Kier molecular flexibility index (Phi) is 4.97. The van der Waals surface area contributed by atoms with Crippen LogP contribution in [0.15, 0.2) is 30.8 Å². The van der Waals surface area contributed by atoms with E-state index in [4.69, 9.17) is 0 Å². The lowest BCUT2D eigenvalue weighted by molar-refractivity contribution is 0.161. The van der Waals surface area contributed by atoms with E-state index in [1.165, 1.54) is 37.1 Å². The maximum absolute atomic E-state index is 3.79. The van der Waals surface area contributed by atoms with Crippen LogP contribution >= 0.6 is 0 Å². The number of nitrogens with zero attached hydrogens (tertiary/aromatic N) is 1. The molecule has 1 N–H and O–H groups in total. The van der Waals surface area contributed by atoms with E-state index in [1.54, 1.807) is 0 Å². The number of rotatable bonds is 5. The molecule has 0 spiro atoms. The molecule has 1 aromatic rings. The fourth-order valence-electron chi connectivity index (χ4n) is 2.66. The first kappa shape index (κ1) is 13.3. The minimum Gasteiger partial charge on any atom is -0.314 e. The molecule has 0 amide bonds. The monoisotopic (exact) mass is 244 g/mol. The summed E-state index contributed by atoms with van der Waals surface area (Å²) in [6, 6.07) is 9.45. The summed E-state index contributed by atoms with van der Waals surface area (Å²) in [6.07, 6.45) is 4.31. The maximum Gasteiger partial charge on any atom is 0.0224 e. The summed E-state index contributed by atoms with van der Waals surface area (Å²) in [5.41, 5.74) is 2.63. The molecule has 2 rings (SSSR count). The number of likely N-dealkylation sites (N-methyl/N-ethyl adjacent to an activating group) is 1. The number of nitrogens with one attached hydrogen (secondary N) is 1. The largest absolute Gasteiger partial charge is 0.314 e. The third kappa shape index (κ3) is 3.44. The van der Waals surface area contributed by atoms with Gasteiger partial charge >= 0.3 is 0 Å². The lowest BCUT2D eigenvalue weighted by Crippen LogP contribution is -2.51. The summed E-state index contributed by atoms with van der Waals surface area (Å²) in [6.45, 7) is 10.7. The topological polar surface area (TPSA) is 15.3 Å². The Hall–Kier alpha value is -1.12. The van der Waals surface area contributed by atoms with Crippen molar-refractivity contribution in [1.82, 2.24) is 10.2 Å². The molecule has 0 aromatic heterocycles. The zero-order valence-corrected chi connectivity index (χ0v) is 11.4. The Morgan fingerprint density at radius 2 is 2.17 bits per heavy atom. The summed E-state index contributed by atoms with van der Waals surface area (Å²) in [5.74, 6) is 0. The van der Waals surface area contributed by atoms with E-state index in [1.807, 2.05) is 6.08 Å². The first-order valence-corrected chi connectivity index (χ1v) is 6.99. The average Bonchev–Trinajstić information content (AvgIpc) is 2.46. The molecular formula is C16H24N2. The Balaban J connectivity index is 1.87. The molecule has 1 aliphatic rings. The fourth-order valence-corrected chi connectivity index (χ4v) is 2.66. The van der Waals surface area contributed by atoms with E-state index in [0.29, 0.717) is 6.04 Å². The second-order valence-electron chi connectivity index (χ2n) is 4.97. The molecule has 1 fully saturated rings. The minimum atomic E-state index is 0.697. The second kappa shape index (κ2) is 6.72. The highest BCUT2D eigenvalue weighted by Crippen LogP contribution is 2.13. The van der Waals surface area contributed by atoms with Crippen LogP contribution in [-0.2, 0) is 6.42 Å². The molecule has 1 saturated heterocycles. The van der Waals surface area contributed by atoms with Crippen molar-refractivity contribution in [3.63, 3.8) is 0 Å². The highest BCUT2D eigenvalue weighted by molar-refractivity contribution is 5.47. The van der Waals surface area contributed by atoms with Crippen molar-refractivity contribution in [2.75, 3.05) is 26.2 Å². The smallest absolute Gasteiger partial charge is 0.0224 e. The molecule has 1 unspecified atom stereocenters. The quantitative estimate of drug-likeness (QED) is 0.856. The molecule has 1 aromatic carbocycles. The molecule has 0 bridgehead atoms. The molecule has 0 radical (unpaired) electrons. The first-order valence-electron chi connectivity index (χ1n) is 6.99. The molecule has 1 heterocycles. The molecular weight excluding hydrogens is 220 g/mol. The van der Waals surface area contributed by atoms with E-state index >= 15 is 0 Å². The summed E-state index contributed by atoms with van der Waals surface area (Å²) in [7, 11) is 0. The van der Waals surface area contributed by atoms with Crippen LogP contribution in [-0.4, -0.2) is 37.1 Å². The SMILES string of the molecule is C=Cc1ccc(CCC2CNCCN2CC)cc1. The van der Waals surface area contributed by atoms with E-state index < -0.39 is 0 Å². The van der Waals surface area contributed by atoms with E-state index in [0.717, 1.165) is 13.1 Å². The van der Waals surface area contributed by atoms with Gasteiger partial charge in [-0.3, -0.25) is 4.90 Å². The fraction of sp³-hybridized carbons (Fsp3) is 0.500. The summed E-state index contributed by atoms with van der Waals surface area (Å²) in [4.78, 5) is 2.59. The average molecular weight is 244 g/mol. The molecule has 98 valence electrons. The third-order valence-corrected chi connectivity index (χ3v) is 3.86. The van der Waals surface area contributed by atoms with Crippen molar-refractivity contribution in [2.24, 2.45) is 0 Å². The summed E-state index contributed by atoms with van der Waals surface area (Å²) < 4.78 is 0.